The third-order valence-corrected chi connectivity index (χ3v) is 5.22. The van der Waals surface area contributed by atoms with Crippen LogP contribution in [0.1, 0.15) is 37.0 Å². The van der Waals surface area contributed by atoms with Gasteiger partial charge < -0.3 is 0 Å². The minimum atomic E-state index is 0.593. The highest BCUT2D eigenvalue weighted by Gasteiger charge is 2.12. The summed E-state index contributed by atoms with van der Waals surface area (Å²) < 4.78 is 2.06. The Morgan fingerprint density at radius 2 is 1.83 bits per heavy atom. The minimum absolute atomic E-state index is 0.593. The second-order valence-electron chi connectivity index (χ2n) is 7.15. The summed E-state index contributed by atoms with van der Waals surface area (Å²) >= 11 is 4.32. The summed E-state index contributed by atoms with van der Waals surface area (Å²) in [5.74, 6) is 3.24. The average molecular weight is 420 g/mol. The molecule has 2 aromatic carbocycles. The summed E-state index contributed by atoms with van der Waals surface area (Å²) in [6, 6.07) is 16.7. The topological polar surface area (TPSA) is 85.2 Å². The van der Waals surface area contributed by atoms with E-state index in [1.54, 1.807) is 0 Å². The van der Waals surface area contributed by atoms with Crippen LogP contribution in [0.5, 0.6) is 0 Å². The molecule has 1 N–H and O–H groups in total. The Bertz CT molecular complexity index is 1070. The van der Waals surface area contributed by atoms with E-state index in [9.17, 15) is 0 Å². The molecule has 0 unspecified atom stereocenters. The van der Waals surface area contributed by atoms with E-state index >= 15 is 0 Å². The number of rotatable bonds is 9. The van der Waals surface area contributed by atoms with Gasteiger partial charge in [-0.25, -0.2) is 9.67 Å². The second-order valence-corrected chi connectivity index (χ2v) is 7.60. The molecule has 0 saturated carbocycles. The molecule has 2 heterocycles. The number of thiol groups is 1. The van der Waals surface area contributed by atoms with Gasteiger partial charge >= 0.3 is 0 Å². The van der Waals surface area contributed by atoms with Gasteiger partial charge in [-0.05, 0) is 34.1 Å². The summed E-state index contributed by atoms with van der Waals surface area (Å²) in [5, 5.41) is 19.1. The summed E-state index contributed by atoms with van der Waals surface area (Å²) in [6.07, 6.45) is 3.79. The number of nitrogens with one attached hydrogen (secondary N) is 1. The van der Waals surface area contributed by atoms with Gasteiger partial charge in [0.15, 0.2) is 5.82 Å². The van der Waals surface area contributed by atoms with E-state index < -0.39 is 0 Å². The first kappa shape index (κ1) is 20.3. The lowest BCUT2D eigenvalue weighted by Gasteiger charge is -2.09. The third kappa shape index (κ3) is 4.59. The molecule has 4 aromatic rings. The van der Waals surface area contributed by atoms with Crippen LogP contribution in [-0.4, -0.2) is 41.1 Å². The molecule has 154 valence electrons. The molecule has 4 rings (SSSR count). The summed E-state index contributed by atoms with van der Waals surface area (Å²) in [6.45, 7) is 3.10. The Kier molecular flexibility index (Phi) is 6.53. The Labute approximate surface area is 181 Å². The van der Waals surface area contributed by atoms with Gasteiger partial charge in [-0.1, -0.05) is 61.9 Å². The van der Waals surface area contributed by atoms with Crippen molar-refractivity contribution >= 4 is 12.6 Å². The van der Waals surface area contributed by atoms with Crippen LogP contribution < -0.4 is 0 Å². The number of aromatic amines is 1. The zero-order valence-corrected chi connectivity index (χ0v) is 17.9. The first-order valence-corrected chi connectivity index (χ1v) is 10.9. The number of nitrogens with zero attached hydrogens (tertiary/aromatic N) is 6. The third-order valence-electron chi connectivity index (χ3n) is 4.99. The summed E-state index contributed by atoms with van der Waals surface area (Å²) in [7, 11) is 0. The van der Waals surface area contributed by atoms with E-state index in [1.807, 2.05) is 18.2 Å². The zero-order valence-electron chi connectivity index (χ0n) is 17.0. The maximum absolute atomic E-state index is 4.75. The highest BCUT2D eigenvalue weighted by atomic mass is 32.1. The maximum Gasteiger partial charge on any atom is 0.205 e. The Balaban J connectivity index is 1.57. The second kappa shape index (κ2) is 9.67. The van der Waals surface area contributed by atoms with Crippen molar-refractivity contribution in [3.8, 4) is 22.5 Å². The van der Waals surface area contributed by atoms with Gasteiger partial charge in [-0.2, -0.15) is 22.9 Å². The summed E-state index contributed by atoms with van der Waals surface area (Å²) in [5.41, 5.74) is 4.35. The number of unbranched alkanes of at least 4 members (excludes halogenated alkanes) is 1. The molecule has 0 spiro atoms. The minimum Gasteiger partial charge on any atom is -0.249 e. The fourth-order valence-corrected chi connectivity index (χ4v) is 3.64. The average Bonchev–Trinajstić information content (AvgIpc) is 3.44. The standard InChI is InChI=1S/C22H25N7S/c1-2-3-13-29-21(23-20(26-29)12-14-30)15-16-8-10-17(11-9-16)18-6-4-5-7-19(18)22-24-27-28-25-22/h4-11,30H,2-3,12-15H2,1H3,(H,24,25,27,28). The van der Waals surface area contributed by atoms with Gasteiger partial charge in [0, 0.05) is 24.9 Å². The SMILES string of the molecule is CCCCn1nc(CCS)nc1Cc1ccc(-c2ccccc2-c2nn[nH]n2)cc1. The van der Waals surface area contributed by atoms with Crippen molar-refractivity contribution in [2.24, 2.45) is 0 Å². The Morgan fingerprint density at radius 1 is 1.03 bits per heavy atom. The Morgan fingerprint density at radius 3 is 2.53 bits per heavy atom. The number of tetrazole rings is 1. The smallest absolute Gasteiger partial charge is 0.205 e. The molecule has 0 aliphatic heterocycles. The number of aryl methyl sites for hydroxylation is 2. The fourth-order valence-electron chi connectivity index (χ4n) is 3.44. The lowest BCUT2D eigenvalue weighted by molar-refractivity contribution is 0.546. The molecular weight excluding hydrogens is 394 g/mol. The number of hydrogen-bond donors (Lipinski definition) is 2. The Hall–Kier alpha value is -3.00. The van der Waals surface area contributed by atoms with Gasteiger partial charge in [0.25, 0.3) is 0 Å². The van der Waals surface area contributed by atoms with Gasteiger partial charge in [-0.15, -0.1) is 10.2 Å². The first-order valence-electron chi connectivity index (χ1n) is 10.2. The molecular formula is C22H25N7S. The van der Waals surface area contributed by atoms with Crippen LogP contribution in [-0.2, 0) is 19.4 Å². The van der Waals surface area contributed by atoms with Crippen molar-refractivity contribution in [2.45, 2.75) is 39.2 Å². The van der Waals surface area contributed by atoms with Crippen molar-refractivity contribution in [1.29, 1.82) is 0 Å². The molecule has 0 aliphatic rings. The predicted molar refractivity (Wildman–Crippen MR) is 120 cm³/mol. The van der Waals surface area contributed by atoms with Crippen molar-refractivity contribution in [3.63, 3.8) is 0 Å². The van der Waals surface area contributed by atoms with E-state index in [0.717, 1.165) is 66.3 Å². The molecule has 0 fully saturated rings. The van der Waals surface area contributed by atoms with Crippen LogP contribution in [0.3, 0.4) is 0 Å². The van der Waals surface area contributed by atoms with Crippen LogP contribution >= 0.6 is 12.6 Å². The molecule has 0 radical (unpaired) electrons. The molecule has 8 heteroatoms. The van der Waals surface area contributed by atoms with Crippen LogP contribution in [0, 0.1) is 0 Å². The van der Waals surface area contributed by atoms with Gasteiger partial charge in [0.1, 0.15) is 5.82 Å². The van der Waals surface area contributed by atoms with E-state index in [0.29, 0.717) is 5.82 Å². The summed E-state index contributed by atoms with van der Waals surface area (Å²) in [4.78, 5) is 4.75. The first-order chi connectivity index (χ1) is 14.8. The highest BCUT2D eigenvalue weighted by molar-refractivity contribution is 7.80. The van der Waals surface area contributed by atoms with Crippen LogP contribution in [0.15, 0.2) is 48.5 Å². The molecule has 7 nitrogen and oxygen atoms in total. The predicted octanol–water partition coefficient (Wildman–Crippen LogP) is 3.99. The molecule has 30 heavy (non-hydrogen) atoms. The molecule has 0 atom stereocenters. The van der Waals surface area contributed by atoms with E-state index in [2.05, 4.69) is 80.3 Å². The number of benzene rings is 2. The lowest BCUT2D eigenvalue weighted by Crippen LogP contribution is -2.06. The molecule has 0 aliphatic carbocycles. The monoisotopic (exact) mass is 419 g/mol. The lowest BCUT2D eigenvalue weighted by atomic mass is 9.98. The van der Waals surface area contributed by atoms with Crippen LogP contribution in [0.25, 0.3) is 22.5 Å². The normalized spacial score (nSPS) is 11.1. The largest absolute Gasteiger partial charge is 0.249 e. The van der Waals surface area contributed by atoms with Gasteiger partial charge in [0.05, 0.1) is 0 Å². The fraction of sp³-hybridized carbons (Fsp3) is 0.318. The number of H-pyrrole nitrogens is 1. The molecule has 0 saturated heterocycles. The van der Waals surface area contributed by atoms with Gasteiger partial charge in [-0.3, -0.25) is 0 Å². The van der Waals surface area contributed by atoms with Crippen LogP contribution in [0.2, 0.25) is 0 Å². The quantitative estimate of drug-likeness (QED) is 0.401. The molecule has 0 bridgehead atoms. The van der Waals surface area contributed by atoms with E-state index in [1.165, 1.54) is 5.56 Å². The van der Waals surface area contributed by atoms with Crippen molar-refractivity contribution < 1.29 is 0 Å². The van der Waals surface area contributed by atoms with E-state index in [4.69, 9.17) is 4.98 Å². The van der Waals surface area contributed by atoms with Crippen molar-refractivity contribution in [3.05, 3.63) is 65.7 Å². The van der Waals surface area contributed by atoms with Gasteiger partial charge in [0.2, 0.25) is 5.82 Å². The van der Waals surface area contributed by atoms with Crippen molar-refractivity contribution in [1.82, 2.24) is 35.4 Å². The maximum atomic E-state index is 4.75. The number of hydrogen-bond acceptors (Lipinski definition) is 6. The highest BCUT2D eigenvalue weighted by Crippen LogP contribution is 2.29. The van der Waals surface area contributed by atoms with E-state index in [-0.39, 0.29) is 0 Å². The molecule has 2 aromatic heterocycles. The van der Waals surface area contributed by atoms with Crippen LogP contribution in [0.4, 0.5) is 0 Å². The number of aromatic nitrogens is 7. The zero-order chi connectivity index (χ0) is 20.8. The van der Waals surface area contributed by atoms with Crippen molar-refractivity contribution in [2.75, 3.05) is 5.75 Å². The molecule has 0 amide bonds.